The van der Waals surface area contributed by atoms with Crippen LogP contribution in [-0.2, 0) is 4.74 Å². The lowest BCUT2D eigenvalue weighted by Gasteiger charge is -2.15. The van der Waals surface area contributed by atoms with Gasteiger partial charge in [-0.2, -0.15) is 5.43 Å². The average Bonchev–Trinajstić information content (AvgIpc) is 2.95. The second kappa shape index (κ2) is 6.78. The van der Waals surface area contributed by atoms with E-state index in [-0.39, 0.29) is 16.9 Å². The number of benzene rings is 2. The first-order valence-corrected chi connectivity index (χ1v) is 7.33. The van der Waals surface area contributed by atoms with Crippen molar-refractivity contribution in [2.75, 3.05) is 14.2 Å². The van der Waals surface area contributed by atoms with E-state index in [1.165, 1.54) is 32.4 Å². The van der Waals surface area contributed by atoms with Crippen LogP contribution in [0.25, 0.3) is 0 Å². The SMILES string of the molecule is COc1ccc2c(c1OC)C(=O)O[C@H]2NNC(=O)c1ccccc1F. The number of ether oxygens (including phenoxy) is 3. The van der Waals surface area contributed by atoms with Crippen molar-refractivity contribution < 1.29 is 28.2 Å². The van der Waals surface area contributed by atoms with Crippen molar-refractivity contribution in [2.45, 2.75) is 6.23 Å². The van der Waals surface area contributed by atoms with Gasteiger partial charge in [0.1, 0.15) is 11.4 Å². The number of carbonyl (C=O) groups excluding carboxylic acids is 2. The molecule has 3 rings (SSSR count). The number of methoxy groups -OCH3 is 2. The van der Waals surface area contributed by atoms with Crippen molar-refractivity contribution in [3.8, 4) is 11.5 Å². The maximum atomic E-state index is 13.6. The largest absolute Gasteiger partial charge is 0.493 e. The van der Waals surface area contributed by atoms with Crippen LogP contribution in [0.1, 0.15) is 32.5 Å². The van der Waals surface area contributed by atoms with E-state index < -0.39 is 23.9 Å². The highest BCUT2D eigenvalue weighted by Gasteiger charge is 2.36. The lowest BCUT2D eigenvalue weighted by atomic mass is 10.1. The van der Waals surface area contributed by atoms with E-state index in [4.69, 9.17) is 14.2 Å². The summed E-state index contributed by atoms with van der Waals surface area (Å²) in [4.78, 5) is 24.2. The van der Waals surface area contributed by atoms with Gasteiger partial charge in [0, 0.05) is 5.56 Å². The van der Waals surface area contributed by atoms with Crippen LogP contribution in [0.4, 0.5) is 4.39 Å². The molecule has 8 heteroatoms. The number of fused-ring (bicyclic) bond motifs is 1. The Morgan fingerprint density at radius 3 is 2.60 bits per heavy atom. The fourth-order valence-corrected chi connectivity index (χ4v) is 2.55. The molecule has 2 aromatic carbocycles. The molecule has 0 bridgehead atoms. The number of nitrogens with one attached hydrogen (secondary N) is 2. The molecule has 0 saturated heterocycles. The van der Waals surface area contributed by atoms with Crippen LogP contribution >= 0.6 is 0 Å². The zero-order valence-corrected chi connectivity index (χ0v) is 13.5. The maximum Gasteiger partial charge on any atom is 0.344 e. The van der Waals surface area contributed by atoms with Crippen LogP contribution in [0.5, 0.6) is 11.5 Å². The zero-order chi connectivity index (χ0) is 18.0. The Bertz CT molecular complexity index is 840. The lowest BCUT2D eigenvalue weighted by molar-refractivity contribution is 0.0259. The van der Waals surface area contributed by atoms with Gasteiger partial charge in [-0.15, -0.1) is 0 Å². The van der Waals surface area contributed by atoms with E-state index in [1.54, 1.807) is 18.2 Å². The van der Waals surface area contributed by atoms with Gasteiger partial charge >= 0.3 is 5.97 Å². The Balaban J connectivity index is 1.80. The second-order valence-electron chi connectivity index (χ2n) is 5.13. The number of halogens is 1. The number of amides is 1. The van der Waals surface area contributed by atoms with Gasteiger partial charge in [-0.1, -0.05) is 12.1 Å². The molecule has 130 valence electrons. The Morgan fingerprint density at radius 1 is 1.16 bits per heavy atom. The fraction of sp³-hybridized carbons (Fsp3) is 0.176. The van der Waals surface area contributed by atoms with Crippen LogP contribution in [0, 0.1) is 5.82 Å². The van der Waals surface area contributed by atoms with Crippen LogP contribution in [0.2, 0.25) is 0 Å². The Hall–Kier alpha value is -3.13. The quantitative estimate of drug-likeness (QED) is 0.636. The molecule has 0 radical (unpaired) electrons. The summed E-state index contributed by atoms with van der Waals surface area (Å²) in [6.45, 7) is 0. The fourth-order valence-electron chi connectivity index (χ4n) is 2.55. The van der Waals surface area contributed by atoms with Gasteiger partial charge in [-0.05, 0) is 24.3 Å². The zero-order valence-electron chi connectivity index (χ0n) is 13.5. The molecule has 25 heavy (non-hydrogen) atoms. The van der Waals surface area contributed by atoms with Crippen LogP contribution in [0.3, 0.4) is 0 Å². The number of rotatable bonds is 5. The minimum Gasteiger partial charge on any atom is -0.493 e. The summed E-state index contributed by atoms with van der Waals surface area (Å²) in [5, 5.41) is 0. The first-order chi connectivity index (χ1) is 12.1. The molecule has 0 aromatic heterocycles. The molecule has 2 aromatic rings. The number of esters is 1. The minimum absolute atomic E-state index is 0.133. The summed E-state index contributed by atoms with van der Waals surface area (Å²) in [6.07, 6.45) is -0.932. The third-order valence-corrected chi connectivity index (χ3v) is 3.72. The number of cyclic esters (lactones) is 1. The molecule has 7 nitrogen and oxygen atoms in total. The monoisotopic (exact) mass is 346 g/mol. The smallest absolute Gasteiger partial charge is 0.344 e. The number of hydrazine groups is 1. The Morgan fingerprint density at radius 2 is 1.92 bits per heavy atom. The molecular weight excluding hydrogens is 331 g/mol. The molecule has 1 aliphatic rings. The van der Waals surface area contributed by atoms with E-state index in [9.17, 15) is 14.0 Å². The van der Waals surface area contributed by atoms with Gasteiger partial charge in [0.25, 0.3) is 5.91 Å². The number of hydrogen-bond acceptors (Lipinski definition) is 6. The molecule has 2 N–H and O–H groups in total. The average molecular weight is 346 g/mol. The number of hydrogen-bond donors (Lipinski definition) is 2. The molecule has 1 amide bonds. The molecule has 0 unspecified atom stereocenters. The van der Waals surface area contributed by atoms with Gasteiger partial charge in [0.2, 0.25) is 0 Å². The highest BCUT2D eigenvalue weighted by atomic mass is 19.1. The van der Waals surface area contributed by atoms with Crippen LogP contribution < -0.4 is 20.3 Å². The molecular formula is C17H15FN2O5. The first-order valence-electron chi connectivity index (χ1n) is 7.33. The van der Waals surface area contributed by atoms with Gasteiger partial charge in [-0.25, -0.2) is 9.18 Å². The molecule has 1 heterocycles. The highest BCUT2D eigenvalue weighted by molar-refractivity contribution is 5.98. The third kappa shape index (κ3) is 2.99. The van der Waals surface area contributed by atoms with E-state index in [2.05, 4.69) is 10.9 Å². The van der Waals surface area contributed by atoms with Gasteiger partial charge < -0.3 is 14.2 Å². The summed E-state index contributed by atoms with van der Waals surface area (Å²) in [5.74, 6) is -1.34. The topological polar surface area (TPSA) is 85.9 Å². The standard InChI is InChI=1S/C17H15FN2O5/c1-23-12-8-7-10-13(14(12)24-2)17(22)25-16(10)20-19-15(21)9-5-3-4-6-11(9)18/h3-8,16,20H,1-2H3,(H,19,21)/t16-/m1/s1. The molecule has 0 saturated carbocycles. The Labute approximate surface area is 142 Å². The predicted octanol–water partition coefficient (Wildman–Crippen LogP) is 1.95. The number of carbonyl (C=O) groups is 2. The summed E-state index contributed by atoms with van der Waals surface area (Å²) >= 11 is 0. The lowest BCUT2D eigenvalue weighted by Crippen LogP contribution is -2.40. The highest BCUT2D eigenvalue weighted by Crippen LogP contribution is 2.40. The molecule has 0 fully saturated rings. The summed E-state index contributed by atoms with van der Waals surface area (Å²) in [7, 11) is 2.86. The second-order valence-corrected chi connectivity index (χ2v) is 5.13. The van der Waals surface area contributed by atoms with E-state index in [1.807, 2.05) is 0 Å². The van der Waals surface area contributed by atoms with Crippen molar-refractivity contribution in [3.63, 3.8) is 0 Å². The molecule has 1 aliphatic heterocycles. The molecule has 0 aliphatic carbocycles. The van der Waals surface area contributed by atoms with Crippen molar-refractivity contribution in [2.24, 2.45) is 0 Å². The Kier molecular flexibility index (Phi) is 4.53. The van der Waals surface area contributed by atoms with Crippen molar-refractivity contribution in [1.82, 2.24) is 10.9 Å². The van der Waals surface area contributed by atoms with Gasteiger partial charge in [-0.3, -0.25) is 10.2 Å². The summed E-state index contributed by atoms with van der Waals surface area (Å²) in [5.41, 5.74) is 5.45. The molecule has 0 spiro atoms. The van der Waals surface area contributed by atoms with E-state index >= 15 is 0 Å². The van der Waals surface area contributed by atoms with Gasteiger partial charge in [0.15, 0.2) is 17.7 Å². The minimum atomic E-state index is -0.932. The third-order valence-electron chi connectivity index (χ3n) is 3.72. The van der Waals surface area contributed by atoms with Gasteiger partial charge in [0.05, 0.1) is 19.8 Å². The van der Waals surface area contributed by atoms with Crippen LogP contribution in [-0.4, -0.2) is 26.1 Å². The molecule has 1 atom stereocenters. The maximum absolute atomic E-state index is 13.6. The summed E-state index contributed by atoms with van der Waals surface area (Å²) in [6, 6.07) is 8.78. The van der Waals surface area contributed by atoms with E-state index in [0.29, 0.717) is 11.3 Å². The van der Waals surface area contributed by atoms with Crippen molar-refractivity contribution in [1.29, 1.82) is 0 Å². The normalized spacial score (nSPS) is 15.3. The van der Waals surface area contributed by atoms with Crippen molar-refractivity contribution in [3.05, 3.63) is 58.9 Å². The predicted molar refractivity (Wildman–Crippen MR) is 84.7 cm³/mol. The van der Waals surface area contributed by atoms with E-state index in [0.717, 1.165) is 0 Å². The van der Waals surface area contributed by atoms with Crippen molar-refractivity contribution >= 4 is 11.9 Å². The van der Waals surface area contributed by atoms with Crippen LogP contribution in [0.15, 0.2) is 36.4 Å². The summed E-state index contributed by atoms with van der Waals surface area (Å²) < 4.78 is 29.2. The first kappa shape index (κ1) is 16.7.